The molecule has 2 rings (SSSR count). The summed E-state index contributed by atoms with van der Waals surface area (Å²) < 4.78 is 4.96. The molecule has 1 aromatic rings. The van der Waals surface area contributed by atoms with Gasteiger partial charge < -0.3 is 9.84 Å². The second kappa shape index (κ2) is 6.15. The summed E-state index contributed by atoms with van der Waals surface area (Å²) in [7, 11) is 0. The monoisotopic (exact) mass is 237 g/mol. The third kappa shape index (κ3) is 3.80. The number of aryl methyl sites for hydroxylation is 1. The van der Waals surface area contributed by atoms with Gasteiger partial charge in [0.05, 0.1) is 6.54 Å². The van der Waals surface area contributed by atoms with Gasteiger partial charge in [-0.1, -0.05) is 31.3 Å². The standard InChI is InChI=1S/C13H23N3O/c1-3-11-5-4-6-12(8-7-11)14-9-13-15-10(2)17-16-13/h11-12,14H,3-9H2,1-2H3. The number of nitrogens with zero attached hydrogens (tertiary/aromatic N) is 2. The molecule has 1 fully saturated rings. The van der Waals surface area contributed by atoms with Crippen LogP contribution in [0.4, 0.5) is 0 Å². The lowest BCUT2D eigenvalue weighted by Gasteiger charge is -2.15. The summed E-state index contributed by atoms with van der Waals surface area (Å²) in [4.78, 5) is 4.21. The number of aromatic nitrogens is 2. The number of nitrogens with one attached hydrogen (secondary N) is 1. The van der Waals surface area contributed by atoms with Crippen molar-refractivity contribution in [2.24, 2.45) is 5.92 Å². The van der Waals surface area contributed by atoms with Crippen molar-refractivity contribution in [3.8, 4) is 0 Å². The third-order valence-corrected chi connectivity index (χ3v) is 3.78. The van der Waals surface area contributed by atoms with Gasteiger partial charge in [-0.3, -0.25) is 0 Å². The number of hydrogen-bond donors (Lipinski definition) is 1. The summed E-state index contributed by atoms with van der Waals surface area (Å²) in [6, 6.07) is 0.630. The largest absolute Gasteiger partial charge is 0.340 e. The van der Waals surface area contributed by atoms with E-state index in [1.54, 1.807) is 0 Å². The quantitative estimate of drug-likeness (QED) is 0.818. The van der Waals surface area contributed by atoms with Crippen LogP contribution in [-0.2, 0) is 6.54 Å². The lowest BCUT2D eigenvalue weighted by Crippen LogP contribution is -2.28. The SMILES string of the molecule is CCC1CCCC(NCc2noc(C)n2)CC1. The molecule has 4 nitrogen and oxygen atoms in total. The smallest absolute Gasteiger partial charge is 0.223 e. The molecular weight excluding hydrogens is 214 g/mol. The Labute approximate surface area is 103 Å². The predicted octanol–water partition coefficient (Wildman–Crippen LogP) is 2.83. The van der Waals surface area contributed by atoms with Crippen LogP contribution in [0, 0.1) is 12.8 Å². The van der Waals surface area contributed by atoms with Crippen molar-refractivity contribution in [1.82, 2.24) is 15.5 Å². The van der Waals surface area contributed by atoms with Crippen LogP contribution in [-0.4, -0.2) is 16.2 Å². The van der Waals surface area contributed by atoms with Gasteiger partial charge in [-0.25, -0.2) is 0 Å². The van der Waals surface area contributed by atoms with Gasteiger partial charge in [-0.15, -0.1) is 0 Å². The Morgan fingerprint density at radius 3 is 2.88 bits per heavy atom. The lowest BCUT2D eigenvalue weighted by molar-refractivity contribution is 0.379. The molecule has 4 heteroatoms. The molecule has 0 radical (unpaired) electrons. The molecule has 0 saturated heterocycles. The first-order valence-electron chi connectivity index (χ1n) is 6.80. The average molecular weight is 237 g/mol. The zero-order valence-electron chi connectivity index (χ0n) is 10.9. The molecule has 1 aliphatic carbocycles. The van der Waals surface area contributed by atoms with Crippen molar-refractivity contribution in [1.29, 1.82) is 0 Å². The van der Waals surface area contributed by atoms with Crippen LogP contribution in [0.3, 0.4) is 0 Å². The van der Waals surface area contributed by atoms with E-state index in [0.29, 0.717) is 11.9 Å². The van der Waals surface area contributed by atoms with Gasteiger partial charge in [0.2, 0.25) is 5.89 Å². The number of hydrogen-bond acceptors (Lipinski definition) is 4. The Hall–Kier alpha value is -0.900. The molecular formula is C13H23N3O. The average Bonchev–Trinajstić information content (AvgIpc) is 2.63. The van der Waals surface area contributed by atoms with Crippen molar-refractivity contribution in [3.63, 3.8) is 0 Å². The van der Waals surface area contributed by atoms with Crippen LogP contribution in [0.25, 0.3) is 0 Å². The van der Waals surface area contributed by atoms with Gasteiger partial charge in [0.25, 0.3) is 0 Å². The first kappa shape index (κ1) is 12.6. The summed E-state index contributed by atoms with van der Waals surface area (Å²) in [6.45, 7) is 4.87. The summed E-state index contributed by atoms with van der Waals surface area (Å²) in [6.07, 6.45) is 8.01. The maximum absolute atomic E-state index is 4.96. The maximum atomic E-state index is 4.96. The van der Waals surface area contributed by atoms with Gasteiger partial charge in [0.1, 0.15) is 0 Å². The second-order valence-electron chi connectivity index (χ2n) is 5.09. The molecule has 1 N–H and O–H groups in total. The van der Waals surface area contributed by atoms with E-state index >= 15 is 0 Å². The molecule has 0 amide bonds. The summed E-state index contributed by atoms with van der Waals surface area (Å²) >= 11 is 0. The van der Waals surface area contributed by atoms with Crippen LogP contribution in [0.5, 0.6) is 0 Å². The van der Waals surface area contributed by atoms with Gasteiger partial charge in [0, 0.05) is 13.0 Å². The van der Waals surface area contributed by atoms with Crippen molar-refractivity contribution in [2.45, 2.75) is 65.0 Å². The minimum atomic E-state index is 0.630. The first-order chi connectivity index (χ1) is 8.28. The minimum absolute atomic E-state index is 0.630. The van der Waals surface area contributed by atoms with Crippen LogP contribution in [0.15, 0.2) is 4.52 Å². The highest BCUT2D eigenvalue weighted by atomic mass is 16.5. The fraction of sp³-hybridized carbons (Fsp3) is 0.846. The molecule has 1 saturated carbocycles. The predicted molar refractivity (Wildman–Crippen MR) is 66.5 cm³/mol. The normalized spacial score (nSPS) is 25.8. The van der Waals surface area contributed by atoms with E-state index in [2.05, 4.69) is 22.4 Å². The lowest BCUT2D eigenvalue weighted by atomic mass is 9.98. The fourth-order valence-corrected chi connectivity index (χ4v) is 2.64. The van der Waals surface area contributed by atoms with E-state index in [9.17, 15) is 0 Å². The molecule has 17 heavy (non-hydrogen) atoms. The van der Waals surface area contributed by atoms with E-state index in [4.69, 9.17) is 4.52 Å². The molecule has 1 heterocycles. The molecule has 0 spiro atoms. The Morgan fingerprint density at radius 2 is 2.18 bits per heavy atom. The molecule has 0 bridgehead atoms. The maximum Gasteiger partial charge on any atom is 0.223 e. The molecule has 2 unspecified atom stereocenters. The van der Waals surface area contributed by atoms with Crippen molar-refractivity contribution >= 4 is 0 Å². The molecule has 1 aromatic heterocycles. The van der Waals surface area contributed by atoms with Crippen molar-refractivity contribution in [3.05, 3.63) is 11.7 Å². The van der Waals surface area contributed by atoms with E-state index < -0.39 is 0 Å². The van der Waals surface area contributed by atoms with Gasteiger partial charge >= 0.3 is 0 Å². The number of rotatable bonds is 4. The van der Waals surface area contributed by atoms with Gasteiger partial charge in [-0.05, 0) is 25.2 Å². The highest BCUT2D eigenvalue weighted by molar-refractivity contribution is 4.84. The van der Waals surface area contributed by atoms with E-state index in [0.717, 1.165) is 18.3 Å². The zero-order valence-corrected chi connectivity index (χ0v) is 10.9. The van der Waals surface area contributed by atoms with E-state index in [1.165, 1.54) is 38.5 Å². The Bertz CT molecular complexity index is 337. The highest BCUT2D eigenvalue weighted by Gasteiger charge is 2.17. The molecule has 1 aliphatic rings. The molecule has 0 aliphatic heterocycles. The van der Waals surface area contributed by atoms with Gasteiger partial charge in [-0.2, -0.15) is 4.98 Å². The van der Waals surface area contributed by atoms with Crippen LogP contribution < -0.4 is 5.32 Å². The molecule has 0 aromatic carbocycles. The van der Waals surface area contributed by atoms with Crippen LogP contribution in [0.1, 0.15) is 57.2 Å². The molecule has 96 valence electrons. The summed E-state index contributed by atoms with van der Waals surface area (Å²) in [5, 5.41) is 7.46. The topological polar surface area (TPSA) is 51.0 Å². The van der Waals surface area contributed by atoms with Crippen LogP contribution >= 0.6 is 0 Å². The van der Waals surface area contributed by atoms with E-state index in [-0.39, 0.29) is 0 Å². The summed E-state index contributed by atoms with van der Waals surface area (Å²) in [5.41, 5.74) is 0. The van der Waals surface area contributed by atoms with Crippen molar-refractivity contribution < 1.29 is 4.52 Å². The Kier molecular flexibility index (Phi) is 4.54. The highest BCUT2D eigenvalue weighted by Crippen LogP contribution is 2.25. The third-order valence-electron chi connectivity index (χ3n) is 3.78. The first-order valence-corrected chi connectivity index (χ1v) is 6.80. The Morgan fingerprint density at radius 1 is 1.29 bits per heavy atom. The molecule has 2 atom stereocenters. The Balaban J connectivity index is 1.75. The summed E-state index contributed by atoms with van der Waals surface area (Å²) in [5.74, 6) is 2.36. The van der Waals surface area contributed by atoms with Gasteiger partial charge in [0.15, 0.2) is 5.82 Å². The zero-order chi connectivity index (χ0) is 12.1. The second-order valence-corrected chi connectivity index (χ2v) is 5.09. The van der Waals surface area contributed by atoms with Crippen molar-refractivity contribution in [2.75, 3.05) is 0 Å². The van der Waals surface area contributed by atoms with E-state index in [1.807, 2.05) is 6.92 Å². The van der Waals surface area contributed by atoms with Crippen LogP contribution in [0.2, 0.25) is 0 Å². The minimum Gasteiger partial charge on any atom is -0.340 e. The fourth-order valence-electron chi connectivity index (χ4n) is 2.64.